The Morgan fingerprint density at radius 3 is 2.85 bits per heavy atom. The molecule has 3 fully saturated rings. The van der Waals surface area contributed by atoms with E-state index in [1.165, 1.54) is 0 Å². The second kappa shape index (κ2) is 6.96. The highest BCUT2D eigenvalue weighted by molar-refractivity contribution is 5.95. The van der Waals surface area contributed by atoms with Crippen molar-refractivity contribution in [3.05, 3.63) is 35.3 Å². The zero-order valence-electron chi connectivity index (χ0n) is 16.1. The Bertz CT molecular complexity index is 891. The summed E-state index contributed by atoms with van der Waals surface area (Å²) in [6.45, 7) is 6.04. The van der Waals surface area contributed by atoms with Crippen molar-refractivity contribution in [3.8, 4) is 0 Å². The van der Waals surface area contributed by atoms with Crippen LogP contribution >= 0.6 is 0 Å². The van der Waals surface area contributed by atoms with Gasteiger partial charge in [0.1, 0.15) is 11.3 Å². The van der Waals surface area contributed by atoms with Crippen LogP contribution in [-0.4, -0.2) is 70.4 Å². The number of imidazole rings is 1. The maximum absolute atomic E-state index is 13.4. The molecule has 0 aromatic carbocycles. The van der Waals surface area contributed by atoms with E-state index >= 15 is 0 Å². The molecule has 0 radical (unpaired) electrons. The van der Waals surface area contributed by atoms with Crippen molar-refractivity contribution >= 4 is 17.5 Å². The van der Waals surface area contributed by atoms with Crippen molar-refractivity contribution < 1.29 is 14.3 Å². The molecule has 5 rings (SSSR count). The monoisotopic (exact) mass is 370 g/mol. The van der Waals surface area contributed by atoms with Crippen LogP contribution in [0.3, 0.4) is 0 Å². The Balaban J connectivity index is 1.65. The van der Waals surface area contributed by atoms with Gasteiger partial charge in [-0.2, -0.15) is 0 Å². The molecule has 3 saturated heterocycles. The first-order valence-corrected chi connectivity index (χ1v) is 9.53. The summed E-state index contributed by atoms with van der Waals surface area (Å²) in [5.41, 5.74) is 3.18. The third-order valence-corrected chi connectivity index (χ3v) is 5.76. The van der Waals surface area contributed by atoms with Crippen LogP contribution < -0.4 is 0 Å². The molecule has 3 aliphatic heterocycles. The maximum atomic E-state index is 13.4. The summed E-state index contributed by atoms with van der Waals surface area (Å²) in [5.74, 6) is -0.000941. The molecule has 2 aromatic rings. The molecule has 3 aliphatic rings. The van der Waals surface area contributed by atoms with Crippen LogP contribution in [0.15, 0.2) is 18.3 Å². The van der Waals surface area contributed by atoms with Crippen molar-refractivity contribution in [1.29, 1.82) is 0 Å². The number of aromatic nitrogens is 2. The lowest BCUT2D eigenvalue weighted by molar-refractivity contribution is -0.140. The van der Waals surface area contributed by atoms with E-state index < -0.39 is 0 Å². The van der Waals surface area contributed by atoms with Crippen LogP contribution in [0.4, 0.5) is 0 Å². The van der Waals surface area contributed by atoms with Gasteiger partial charge in [0.2, 0.25) is 5.91 Å². The van der Waals surface area contributed by atoms with E-state index in [-0.39, 0.29) is 23.8 Å². The summed E-state index contributed by atoms with van der Waals surface area (Å²) in [6, 6.07) is 3.99. The number of hydrogen-bond donors (Lipinski definition) is 0. The molecule has 0 N–H and O–H groups in total. The number of methoxy groups -OCH3 is 1. The third-order valence-electron chi connectivity index (χ3n) is 5.76. The molecule has 0 saturated carbocycles. The first-order valence-electron chi connectivity index (χ1n) is 9.53. The fourth-order valence-corrected chi connectivity index (χ4v) is 4.37. The molecular weight excluding hydrogens is 344 g/mol. The number of amides is 2. The molecule has 7 heteroatoms. The van der Waals surface area contributed by atoms with Gasteiger partial charge in [-0.05, 0) is 38.3 Å². The normalized spacial score (nSPS) is 22.6. The smallest absolute Gasteiger partial charge is 0.272 e. The molecule has 7 nitrogen and oxygen atoms in total. The summed E-state index contributed by atoms with van der Waals surface area (Å²) in [7, 11) is 1.64. The summed E-state index contributed by atoms with van der Waals surface area (Å²) in [6.07, 6.45) is 3.74. The van der Waals surface area contributed by atoms with E-state index in [0.717, 1.165) is 29.7 Å². The Kier molecular flexibility index (Phi) is 4.63. The van der Waals surface area contributed by atoms with Gasteiger partial charge in [-0.25, -0.2) is 4.98 Å². The van der Waals surface area contributed by atoms with Gasteiger partial charge < -0.3 is 14.5 Å². The lowest BCUT2D eigenvalue weighted by Crippen LogP contribution is -2.49. The average Bonchev–Trinajstić information content (AvgIpc) is 2.79. The SMILES string of the molecule is COCCN1C(=O)[C@@H]2CC[C@H]1CN(C(=O)c1c(C)nc3ccc(C)cn13)C2. The fourth-order valence-electron chi connectivity index (χ4n) is 4.37. The minimum absolute atomic E-state index is 0.0381. The third kappa shape index (κ3) is 3.10. The van der Waals surface area contributed by atoms with Gasteiger partial charge in [0, 0.05) is 39.0 Å². The minimum Gasteiger partial charge on any atom is -0.383 e. The van der Waals surface area contributed by atoms with Gasteiger partial charge in [0.05, 0.1) is 18.2 Å². The second-order valence-corrected chi connectivity index (χ2v) is 7.64. The van der Waals surface area contributed by atoms with Crippen molar-refractivity contribution in [3.63, 3.8) is 0 Å². The Labute approximate surface area is 158 Å². The molecule has 144 valence electrons. The molecule has 2 bridgehead atoms. The number of piperidine rings is 1. The molecule has 0 aliphatic carbocycles. The van der Waals surface area contributed by atoms with Gasteiger partial charge >= 0.3 is 0 Å². The van der Waals surface area contributed by atoms with Crippen LogP contribution in [0, 0.1) is 19.8 Å². The highest BCUT2D eigenvalue weighted by Gasteiger charge is 2.42. The van der Waals surface area contributed by atoms with E-state index in [4.69, 9.17) is 4.74 Å². The van der Waals surface area contributed by atoms with Crippen LogP contribution in [0.1, 0.15) is 34.6 Å². The molecule has 0 spiro atoms. The van der Waals surface area contributed by atoms with Gasteiger partial charge in [-0.3, -0.25) is 14.0 Å². The summed E-state index contributed by atoms with van der Waals surface area (Å²) in [4.78, 5) is 34.5. The van der Waals surface area contributed by atoms with Gasteiger partial charge in [-0.15, -0.1) is 0 Å². The Morgan fingerprint density at radius 2 is 2.07 bits per heavy atom. The quantitative estimate of drug-likeness (QED) is 0.821. The first-order chi connectivity index (χ1) is 13.0. The number of aryl methyl sites for hydroxylation is 2. The number of rotatable bonds is 4. The Hall–Kier alpha value is -2.41. The van der Waals surface area contributed by atoms with E-state index in [1.54, 1.807) is 7.11 Å². The van der Waals surface area contributed by atoms with Gasteiger partial charge in [-0.1, -0.05) is 6.07 Å². The lowest BCUT2D eigenvalue weighted by Gasteiger charge is -2.35. The van der Waals surface area contributed by atoms with Crippen molar-refractivity contribution in [2.24, 2.45) is 5.92 Å². The summed E-state index contributed by atoms with van der Waals surface area (Å²) >= 11 is 0. The lowest BCUT2D eigenvalue weighted by atomic mass is 9.94. The number of carbonyl (C=O) groups excluding carboxylic acids is 2. The predicted octanol–water partition coefficient (Wildman–Crippen LogP) is 1.66. The van der Waals surface area contributed by atoms with Gasteiger partial charge in [0.25, 0.3) is 5.91 Å². The second-order valence-electron chi connectivity index (χ2n) is 7.64. The van der Waals surface area contributed by atoms with E-state index in [1.807, 2.05) is 46.4 Å². The topological polar surface area (TPSA) is 67.2 Å². The van der Waals surface area contributed by atoms with Crippen LogP contribution in [0.25, 0.3) is 5.65 Å². The van der Waals surface area contributed by atoms with Crippen molar-refractivity contribution in [2.75, 3.05) is 33.4 Å². The number of carbonyl (C=O) groups is 2. The minimum atomic E-state index is -0.120. The van der Waals surface area contributed by atoms with E-state index in [2.05, 4.69) is 4.98 Å². The zero-order chi connectivity index (χ0) is 19.1. The standard InChI is InChI=1S/C20H26N4O3/c1-13-4-7-17-21-14(2)18(24(17)10-13)20(26)22-11-15-5-6-16(12-22)23(19(15)25)8-9-27-3/h4,7,10,15-16H,5-6,8-9,11-12H2,1-3H3/t15-,16+/m1/s1. The number of ether oxygens (including phenoxy) is 1. The highest BCUT2D eigenvalue weighted by Crippen LogP contribution is 2.30. The predicted molar refractivity (Wildman–Crippen MR) is 101 cm³/mol. The molecule has 0 unspecified atom stereocenters. The van der Waals surface area contributed by atoms with E-state index in [0.29, 0.717) is 31.9 Å². The number of fused-ring (bicyclic) bond motifs is 5. The highest BCUT2D eigenvalue weighted by atomic mass is 16.5. The van der Waals surface area contributed by atoms with Crippen molar-refractivity contribution in [2.45, 2.75) is 32.7 Å². The number of hydrogen-bond acceptors (Lipinski definition) is 4. The summed E-state index contributed by atoms with van der Waals surface area (Å²) < 4.78 is 7.04. The molecule has 27 heavy (non-hydrogen) atoms. The van der Waals surface area contributed by atoms with Crippen LogP contribution in [-0.2, 0) is 9.53 Å². The largest absolute Gasteiger partial charge is 0.383 e. The maximum Gasteiger partial charge on any atom is 0.272 e. The molecule has 2 amide bonds. The first kappa shape index (κ1) is 18.0. The molecule has 2 aromatic heterocycles. The Morgan fingerprint density at radius 1 is 1.26 bits per heavy atom. The van der Waals surface area contributed by atoms with Crippen LogP contribution in [0.5, 0.6) is 0 Å². The molecule has 2 atom stereocenters. The van der Waals surface area contributed by atoms with E-state index in [9.17, 15) is 9.59 Å². The van der Waals surface area contributed by atoms with Crippen molar-refractivity contribution in [1.82, 2.24) is 19.2 Å². The fraction of sp³-hybridized carbons (Fsp3) is 0.550. The number of pyridine rings is 1. The molecule has 5 heterocycles. The van der Waals surface area contributed by atoms with Crippen LogP contribution in [0.2, 0.25) is 0 Å². The average molecular weight is 370 g/mol. The van der Waals surface area contributed by atoms with Gasteiger partial charge in [0.15, 0.2) is 0 Å². The zero-order valence-corrected chi connectivity index (χ0v) is 16.1. The number of nitrogens with zero attached hydrogens (tertiary/aromatic N) is 4. The summed E-state index contributed by atoms with van der Waals surface area (Å²) in [5, 5.41) is 0. The molecular formula is C20H26N4O3.